The highest BCUT2D eigenvalue weighted by Crippen LogP contribution is 2.47. The molecule has 0 amide bonds. The average Bonchev–Trinajstić information content (AvgIpc) is 3.79. The van der Waals surface area contributed by atoms with Crippen LogP contribution >= 0.6 is 0 Å². The summed E-state index contributed by atoms with van der Waals surface area (Å²) < 4.78 is 4.70. The zero-order chi connectivity index (χ0) is 31.5. The third-order valence-corrected chi connectivity index (χ3v) is 9.90. The lowest BCUT2D eigenvalue weighted by Crippen LogP contribution is -2.04. The molecule has 0 bridgehead atoms. The van der Waals surface area contributed by atoms with Crippen LogP contribution in [0, 0.1) is 6.57 Å². The van der Waals surface area contributed by atoms with Crippen LogP contribution in [0.2, 0.25) is 0 Å². The van der Waals surface area contributed by atoms with Crippen molar-refractivity contribution >= 4 is 87.4 Å². The summed E-state index contributed by atoms with van der Waals surface area (Å²) in [6.07, 6.45) is 1.78. The van der Waals surface area contributed by atoms with Gasteiger partial charge < -0.3 is 4.40 Å². The fraction of sp³-hybridized carbons (Fsp3) is 0. The highest BCUT2D eigenvalue weighted by Gasteiger charge is 2.26. The topological polar surface area (TPSA) is 52.4 Å². The maximum atomic E-state index is 7.46. The summed E-state index contributed by atoms with van der Waals surface area (Å²) in [5.41, 5.74) is 9.45. The van der Waals surface area contributed by atoms with Gasteiger partial charge in [0.2, 0.25) is 5.95 Å². The van der Waals surface area contributed by atoms with Crippen LogP contribution in [0.1, 0.15) is 0 Å². The number of fused-ring (bicyclic) bond motifs is 13. The molecule has 0 unspecified atom stereocenters. The first-order chi connectivity index (χ1) is 23.8. The summed E-state index contributed by atoms with van der Waals surface area (Å²) in [5, 5.41) is 9.53. The van der Waals surface area contributed by atoms with Gasteiger partial charge in [-0.1, -0.05) is 97.1 Å². The van der Waals surface area contributed by atoms with Gasteiger partial charge in [-0.15, -0.1) is 0 Å². The third kappa shape index (κ3) is 3.17. The maximum Gasteiger partial charge on any atom is 0.235 e. The summed E-state index contributed by atoms with van der Waals surface area (Å²) in [7, 11) is 0. The van der Waals surface area contributed by atoms with Gasteiger partial charge in [0.1, 0.15) is 11.2 Å². The number of hydrogen-bond donors (Lipinski definition) is 0. The molecule has 0 N–H and O–H groups in total. The van der Waals surface area contributed by atoms with Crippen molar-refractivity contribution in [3.05, 3.63) is 145 Å². The number of aromatic nitrogens is 5. The lowest BCUT2D eigenvalue weighted by Gasteiger charge is -2.12. The van der Waals surface area contributed by atoms with E-state index in [4.69, 9.17) is 21.5 Å². The molecule has 0 aliphatic rings. The molecular weight excluding hydrogens is 589 g/mol. The lowest BCUT2D eigenvalue weighted by molar-refractivity contribution is 1.01. The maximum absolute atomic E-state index is 7.46. The molecule has 5 aromatic heterocycles. The van der Waals surface area contributed by atoms with E-state index in [0.29, 0.717) is 11.6 Å². The van der Waals surface area contributed by atoms with E-state index in [1.807, 2.05) is 36.4 Å². The minimum absolute atomic E-state index is 0.581. The number of nitrogens with zero attached hydrogens (tertiary/aromatic N) is 6. The Morgan fingerprint density at radius 2 is 1.31 bits per heavy atom. The predicted octanol–water partition coefficient (Wildman–Crippen LogP) is 10.6. The van der Waals surface area contributed by atoms with Crippen molar-refractivity contribution < 1.29 is 0 Å². The Kier molecular flexibility index (Phi) is 4.82. The van der Waals surface area contributed by atoms with Crippen LogP contribution in [0.4, 0.5) is 5.69 Å². The number of pyridine rings is 1. The van der Waals surface area contributed by atoms with Crippen molar-refractivity contribution in [1.29, 1.82) is 0 Å². The van der Waals surface area contributed by atoms with Crippen LogP contribution in [0.25, 0.3) is 104 Å². The minimum Gasteiger partial charge on any atom is -0.308 e. The van der Waals surface area contributed by atoms with Crippen LogP contribution in [0.5, 0.6) is 0 Å². The van der Waals surface area contributed by atoms with Crippen LogP contribution in [-0.2, 0) is 0 Å². The molecule has 11 rings (SSSR count). The van der Waals surface area contributed by atoms with Crippen LogP contribution in [0.15, 0.2) is 134 Å². The third-order valence-electron chi connectivity index (χ3n) is 9.90. The minimum atomic E-state index is 0.581. The van der Waals surface area contributed by atoms with Crippen molar-refractivity contribution in [2.24, 2.45) is 0 Å². The van der Waals surface area contributed by atoms with Gasteiger partial charge in [-0.3, -0.25) is 9.55 Å². The largest absolute Gasteiger partial charge is 0.308 e. The smallest absolute Gasteiger partial charge is 0.235 e. The predicted molar refractivity (Wildman–Crippen MR) is 196 cm³/mol. The van der Waals surface area contributed by atoms with Gasteiger partial charge in [0.05, 0.1) is 39.7 Å². The second-order valence-corrected chi connectivity index (χ2v) is 12.3. The van der Waals surface area contributed by atoms with Crippen molar-refractivity contribution in [1.82, 2.24) is 23.9 Å². The number of para-hydroxylation sites is 2. The molecule has 220 valence electrons. The first-order valence-corrected chi connectivity index (χ1v) is 15.9. The second-order valence-electron chi connectivity index (χ2n) is 12.3. The molecule has 48 heavy (non-hydrogen) atoms. The SMILES string of the molecule is [C-]#[N+]c1ccc(-c2nc(-n3c4cc5c6ccccc6n6c7ccccc7c(c4c4ccc7ccccc7c43)c56)nc3cccnc23)cc1. The summed E-state index contributed by atoms with van der Waals surface area (Å²) in [4.78, 5) is 18.9. The average molecular weight is 611 g/mol. The monoisotopic (exact) mass is 610 g/mol. The zero-order valence-corrected chi connectivity index (χ0v) is 25.4. The zero-order valence-electron chi connectivity index (χ0n) is 25.4. The van der Waals surface area contributed by atoms with Crippen LogP contribution < -0.4 is 0 Å². The van der Waals surface area contributed by atoms with E-state index in [0.717, 1.165) is 49.5 Å². The van der Waals surface area contributed by atoms with Gasteiger partial charge in [-0.2, -0.15) is 0 Å². The molecular formula is C42H22N6. The summed E-state index contributed by atoms with van der Waals surface area (Å²) in [6, 6.07) is 44.3. The van der Waals surface area contributed by atoms with Crippen molar-refractivity contribution in [2.45, 2.75) is 0 Å². The Hall–Kier alpha value is -6.84. The van der Waals surface area contributed by atoms with E-state index in [1.165, 1.54) is 43.5 Å². The van der Waals surface area contributed by atoms with Gasteiger partial charge in [0, 0.05) is 49.5 Å². The molecule has 6 heteroatoms. The van der Waals surface area contributed by atoms with E-state index in [9.17, 15) is 0 Å². The highest BCUT2D eigenvalue weighted by atomic mass is 15.2. The van der Waals surface area contributed by atoms with E-state index >= 15 is 0 Å². The van der Waals surface area contributed by atoms with E-state index < -0.39 is 0 Å². The Labute approximate surface area is 272 Å². The van der Waals surface area contributed by atoms with Crippen molar-refractivity contribution in [2.75, 3.05) is 0 Å². The van der Waals surface area contributed by atoms with Crippen molar-refractivity contribution in [3.63, 3.8) is 0 Å². The molecule has 0 saturated heterocycles. The lowest BCUT2D eigenvalue weighted by atomic mass is 10.0. The van der Waals surface area contributed by atoms with E-state index in [2.05, 4.69) is 105 Å². The standard InChI is InChI=1S/C42H22N6/c1-43-26-19-16-25(17-20-26)38-39-32(13-8-22-44-39)45-42(46-38)48-35-23-31-28-11-4-6-14-33(28)47-34-15-7-5-12-29(34)37(41(31)47)36(35)30-21-18-24-9-2-3-10-27(24)40(30)48/h2-23H. The molecule has 0 saturated carbocycles. The first kappa shape index (κ1) is 25.4. The molecule has 0 spiro atoms. The summed E-state index contributed by atoms with van der Waals surface area (Å²) in [6.45, 7) is 7.46. The number of rotatable bonds is 2. The molecule has 0 atom stereocenters. The Bertz CT molecular complexity index is 3180. The van der Waals surface area contributed by atoms with Crippen LogP contribution in [0.3, 0.4) is 0 Å². The molecule has 6 aromatic carbocycles. The quantitative estimate of drug-likeness (QED) is 0.183. The van der Waals surface area contributed by atoms with Gasteiger partial charge in [0.25, 0.3) is 0 Å². The van der Waals surface area contributed by atoms with E-state index in [-0.39, 0.29) is 0 Å². The van der Waals surface area contributed by atoms with Gasteiger partial charge in [-0.25, -0.2) is 14.8 Å². The summed E-state index contributed by atoms with van der Waals surface area (Å²) >= 11 is 0. The molecule has 0 radical (unpaired) electrons. The second kappa shape index (κ2) is 9.12. The Balaban J connectivity index is 1.39. The number of hydrogen-bond acceptors (Lipinski definition) is 3. The highest BCUT2D eigenvalue weighted by molar-refractivity contribution is 6.37. The fourth-order valence-corrected chi connectivity index (χ4v) is 7.93. The molecule has 0 aliphatic heterocycles. The van der Waals surface area contributed by atoms with Crippen molar-refractivity contribution in [3.8, 4) is 17.2 Å². The van der Waals surface area contributed by atoms with E-state index in [1.54, 1.807) is 6.20 Å². The van der Waals surface area contributed by atoms with Gasteiger partial charge in [-0.05, 0) is 35.7 Å². The molecule has 0 fully saturated rings. The van der Waals surface area contributed by atoms with Gasteiger partial charge >= 0.3 is 0 Å². The Morgan fingerprint density at radius 1 is 0.562 bits per heavy atom. The normalized spacial score (nSPS) is 12.1. The molecule has 0 aliphatic carbocycles. The molecule has 11 aromatic rings. The van der Waals surface area contributed by atoms with Crippen LogP contribution in [-0.4, -0.2) is 23.9 Å². The Morgan fingerprint density at radius 3 is 2.15 bits per heavy atom. The first-order valence-electron chi connectivity index (χ1n) is 15.9. The summed E-state index contributed by atoms with van der Waals surface area (Å²) in [5.74, 6) is 0.581. The van der Waals surface area contributed by atoms with Gasteiger partial charge in [0.15, 0.2) is 5.69 Å². The fourth-order valence-electron chi connectivity index (χ4n) is 7.93. The molecule has 6 nitrogen and oxygen atoms in total. The number of benzene rings is 6. The molecule has 5 heterocycles.